The minimum Gasteiger partial charge on any atom is -0.480 e. The molecule has 1 aromatic heterocycles. The number of rotatable bonds is 5. The van der Waals surface area contributed by atoms with Gasteiger partial charge < -0.3 is 10.0 Å². The summed E-state index contributed by atoms with van der Waals surface area (Å²) in [4.78, 5) is 20.7. The van der Waals surface area contributed by atoms with Gasteiger partial charge in [0.2, 0.25) is 0 Å². The largest absolute Gasteiger partial charge is 0.480 e. The molecular formula is C11H15N3O2. The molecule has 0 atom stereocenters. The van der Waals surface area contributed by atoms with Crippen LogP contribution in [0.3, 0.4) is 0 Å². The minimum atomic E-state index is -0.822. The summed E-state index contributed by atoms with van der Waals surface area (Å²) in [6.07, 6.45) is 3.87. The third-order valence-electron chi connectivity index (χ3n) is 2.61. The second kappa shape index (κ2) is 4.47. The normalized spacial score (nSPS) is 14.8. The van der Waals surface area contributed by atoms with Crippen LogP contribution in [0.1, 0.15) is 18.5 Å². The van der Waals surface area contributed by atoms with E-state index >= 15 is 0 Å². The Bertz CT molecular complexity index is 391. The third-order valence-corrected chi connectivity index (χ3v) is 2.61. The van der Waals surface area contributed by atoms with E-state index in [0.717, 1.165) is 12.2 Å². The van der Waals surface area contributed by atoms with E-state index < -0.39 is 5.97 Å². The van der Waals surface area contributed by atoms with Gasteiger partial charge in [-0.3, -0.25) is 4.79 Å². The van der Waals surface area contributed by atoms with E-state index in [4.69, 9.17) is 5.11 Å². The van der Waals surface area contributed by atoms with E-state index in [1.807, 2.05) is 17.9 Å². The first-order chi connectivity index (χ1) is 7.65. The first-order valence-electron chi connectivity index (χ1n) is 5.40. The van der Waals surface area contributed by atoms with Crippen molar-refractivity contribution in [3.05, 3.63) is 18.1 Å². The molecule has 1 heterocycles. The SMILES string of the molecule is Cc1cc(N(CC(=O)O)CC2CC2)ncn1. The second-order valence-corrected chi connectivity index (χ2v) is 4.24. The van der Waals surface area contributed by atoms with Gasteiger partial charge in [-0.2, -0.15) is 0 Å². The molecule has 1 saturated carbocycles. The van der Waals surface area contributed by atoms with Gasteiger partial charge in [0, 0.05) is 18.3 Å². The fourth-order valence-corrected chi connectivity index (χ4v) is 1.63. The average Bonchev–Trinajstić information content (AvgIpc) is 3.00. The van der Waals surface area contributed by atoms with Gasteiger partial charge in [-0.15, -0.1) is 0 Å². The Morgan fingerprint density at radius 2 is 2.31 bits per heavy atom. The minimum absolute atomic E-state index is 0.00690. The molecule has 0 aromatic carbocycles. The van der Waals surface area contributed by atoms with Gasteiger partial charge in [0.15, 0.2) is 0 Å². The molecule has 0 saturated heterocycles. The fraction of sp³-hybridized carbons (Fsp3) is 0.545. The van der Waals surface area contributed by atoms with E-state index in [9.17, 15) is 4.79 Å². The van der Waals surface area contributed by atoms with Gasteiger partial charge >= 0.3 is 5.97 Å². The Labute approximate surface area is 94.1 Å². The van der Waals surface area contributed by atoms with Gasteiger partial charge in [-0.05, 0) is 25.7 Å². The van der Waals surface area contributed by atoms with Crippen molar-refractivity contribution in [2.45, 2.75) is 19.8 Å². The highest BCUT2D eigenvalue weighted by Crippen LogP contribution is 2.30. The maximum Gasteiger partial charge on any atom is 0.323 e. The molecule has 1 aromatic rings. The summed E-state index contributed by atoms with van der Waals surface area (Å²) in [5, 5.41) is 8.86. The number of aryl methyl sites for hydroxylation is 1. The molecule has 1 aliphatic rings. The van der Waals surface area contributed by atoms with Gasteiger partial charge in [0.1, 0.15) is 18.7 Å². The predicted octanol–water partition coefficient (Wildman–Crippen LogP) is 1.09. The Kier molecular flexibility index (Phi) is 3.03. The monoisotopic (exact) mass is 221 g/mol. The Morgan fingerprint density at radius 3 is 2.88 bits per heavy atom. The van der Waals surface area contributed by atoms with Crippen LogP contribution in [0.5, 0.6) is 0 Å². The number of anilines is 1. The first-order valence-corrected chi connectivity index (χ1v) is 5.40. The third kappa shape index (κ3) is 2.92. The zero-order valence-corrected chi connectivity index (χ0v) is 9.26. The van der Waals surface area contributed by atoms with Crippen molar-refractivity contribution >= 4 is 11.8 Å². The van der Waals surface area contributed by atoms with Gasteiger partial charge in [-0.25, -0.2) is 9.97 Å². The number of carboxylic acid groups (broad SMARTS) is 1. The van der Waals surface area contributed by atoms with Crippen LogP contribution in [-0.4, -0.2) is 34.1 Å². The van der Waals surface area contributed by atoms with E-state index in [2.05, 4.69) is 9.97 Å². The quantitative estimate of drug-likeness (QED) is 0.806. The summed E-state index contributed by atoms with van der Waals surface area (Å²) >= 11 is 0. The summed E-state index contributed by atoms with van der Waals surface area (Å²) < 4.78 is 0. The van der Waals surface area contributed by atoms with Crippen molar-refractivity contribution in [1.29, 1.82) is 0 Å². The molecule has 0 bridgehead atoms. The summed E-state index contributed by atoms with van der Waals surface area (Å²) in [6.45, 7) is 2.66. The highest BCUT2D eigenvalue weighted by Gasteiger charge is 2.26. The number of aromatic nitrogens is 2. The zero-order chi connectivity index (χ0) is 11.5. The molecule has 1 aliphatic carbocycles. The molecule has 0 aliphatic heterocycles. The summed E-state index contributed by atoms with van der Waals surface area (Å²) in [5.41, 5.74) is 0.858. The Morgan fingerprint density at radius 1 is 1.56 bits per heavy atom. The van der Waals surface area contributed by atoms with Crippen LogP contribution >= 0.6 is 0 Å². The van der Waals surface area contributed by atoms with E-state index in [1.165, 1.54) is 19.2 Å². The maximum atomic E-state index is 10.8. The van der Waals surface area contributed by atoms with Gasteiger partial charge in [-0.1, -0.05) is 0 Å². The molecule has 2 rings (SSSR count). The molecule has 5 nitrogen and oxygen atoms in total. The standard InChI is InChI=1S/C11H15N3O2/c1-8-4-10(13-7-12-8)14(6-11(15)16)5-9-2-3-9/h4,7,9H,2-3,5-6H2,1H3,(H,15,16). The summed E-state index contributed by atoms with van der Waals surface area (Å²) in [7, 11) is 0. The number of hydrogen-bond donors (Lipinski definition) is 1. The second-order valence-electron chi connectivity index (χ2n) is 4.24. The van der Waals surface area contributed by atoms with E-state index in [1.54, 1.807) is 0 Å². The maximum absolute atomic E-state index is 10.8. The average molecular weight is 221 g/mol. The predicted molar refractivity (Wildman–Crippen MR) is 59.3 cm³/mol. The fourth-order valence-electron chi connectivity index (χ4n) is 1.63. The van der Waals surface area contributed by atoms with Gasteiger partial charge in [0.25, 0.3) is 0 Å². The van der Waals surface area contributed by atoms with Crippen molar-refractivity contribution in [3.63, 3.8) is 0 Å². The number of carboxylic acids is 1. The van der Waals surface area contributed by atoms with Crippen molar-refractivity contribution in [1.82, 2.24) is 9.97 Å². The highest BCUT2D eigenvalue weighted by atomic mass is 16.4. The topological polar surface area (TPSA) is 66.3 Å². The van der Waals surface area contributed by atoms with Crippen molar-refractivity contribution in [2.24, 2.45) is 5.92 Å². The molecule has 0 spiro atoms. The molecule has 0 radical (unpaired) electrons. The number of hydrogen-bond acceptors (Lipinski definition) is 4. The van der Waals surface area contributed by atoms with Crippen molar-refractivity contribution < 1.29 is 9.90 Å². The highest BCUT2D eigenvalue weighted by molar-refractivity contribution is 5.73. The smallest absolute Gasteiger partial charge is 0.323 e. The van der Waals surface area contributed by atoms with E-state index in [0.29, 0.717) is 11.7 Å². The van der Waals surface area contributed by atoms with Crippen molar-refractivity contribution in [3.8, 4) is 0 Å². The lowest BCUT2D eigenvalue weighted by molar-refractivity contribution is -0.135. The van der Waals surface area contributed by atoms with Crippen LogP contribution in [0, 0.1) is 12.8 Å². The van der Waals surface area contributed by atoms with Crippen LogP contribution in [0.15, 0.2) is 12.4 Å². The number of carbonyl (C=O) groups is 1. The van der Waals surface area contributed by atoms with Crippen molar-refractivity contribution in [2.75, 3.05) is 18.0 Å². The molecule has 1 N–H and O–H groups in total. The molecule has 5 heteroatoms. The van der Waals surface area contributed by atoms with Crippen LogP contribution < -0.4 is 4.90 Å². The van der Waals surface area contributed by atoms with Crippen LogP contribution in [0.25, 0.3) is 0 Å². The summed E-state index contributed by atoms with van der Waals surface area (Å²) in [6, 6.07) is 1.82. The van der Waals surface area contributed by atoms with E-state index in [-0.39, 0.29) is 6.54 Å². The first kappa shape index (κ1) is 10.9. The zero-order valence-electron chi connectivity index (χ0n) is 9.26. The molecule has 86 valence electrons. The lowest BCUT2D eigenvalue weighted by Crippen LogP contribution is -2.32. The Hall–Kier alpha value is -1.65. The molecule has 0 amide bonds. The molecule has 1 fully saturated rings. The molecular weight excluding hydrogens is 206 g/mol. The molecule has 16 heavy (non-hydrogen) atoms. The molecule has 0 unspecified atom stereocenters. The Balaban J connectivity index is 2.12. The lowest BCUT2D eigenvalue weighted by atomic mass is 10.3. The van der Waals surface area contributed by atoms with Crippen LogP contribution in [0.4, 0.5) is 5.82 Å². The number of nitrogens with zero attached hydrogens (tertiary/aromatic N) is 3. The van der Waals surface area contributed by atoms with Gasteiger partial charge in [0.05, 0.1) is 0 Å². The van der Waals surface area contributed by atoms with Crippen LogP contribution in [-0.2, 0) is 4.79 Å². The van der Waals surface area contributed by atoms with Crippen LogP contribution in [0.2, 0.25) is 0 Å². The lowest BCUT2D eigenvalue weighted by Gasteiger charge is -2.21. The number of aliphatic carboxylic acids is 1. The summed E-state index contributed by atoms with van der Waals surface area (Å²) in [5.74, 6) is 0.522.